The number of fused-ring (bicyclic) bond motifs is 1. The predicted octanol–water partition coefficient (Wildman–Crippen LogP) is 3.00. The molecule has 2 rings (SSSR count). The van der Waals surface area contributed by atoms with Crippen LogP contribution in [-0.2, 0) is 23.7 Å². The maximum Gasteiger partial charge on any atom is 0.194 e. The van der Waals surface area contributed by atoms with Crippen molar-refractivity contribution in [1.82, 2.24) is 0 Å². The number of hydrogen-bond acceptors (Lipinski definition) is 6. The molecule has 6 heteroatoms. The third-order valence-electron chi connectivity index (χ3n) is 5.21. The molecule has 6 nitrogen and oxygen atoms in total. The second kappa shape index (κ2) is 8.11. The van der Waals surface area contributed by atoms with Crippen molar-refractivity contribution in [1.29, 1.82) is 5.26 Å². The molecule has 0 aliphatic carbocycles. The molecule has 0 saturated carbocycles. The largest absolute Gasteiger partial charge is 0.362 e. The van der Waals surface area contributed by atoms with E-state index in [1.165, 1.54) is 0 Å². The minimum absolute atomic E-state index is 0.295. The average Bonchev–Trinajstić information content (AvgIpc) is 2.57. The van der Waals surface area contributed by atoms with Crippen molar-refractivity contribution in [2.24, 2.45) is 5.92 Å². The Balaban J connectivity index is 2.23. The van der Waals surface area contributed by atoms with Crippen molar-refractivity contribution < 1.29 is 23.7 Å². The fourth-order valence-corrected chi connectivity index (χ4v) is 3.46. The fraction of sp³-hybridized carbons (Fsp3) is 0.944. The third-order valence-corrected chi connectivity index (χ3v) is 5.21. The van der Waals surface area contributed by atoms with Crippen LogP contribution >= 0.6 is 0 Å². The smallest absolute Gasteiger partial charge is 0.194 e. The third kappa shape index (κ3) is 3.61. The molecule has 2 saturated heterocycles. The molecule has 138 valence electrons. The average molecular weight is 341 g/mol. The van der Waals surface area contributed by atoms with Gasteiger partial charge in [-0.1, -0.05) is 26.7 Å². The second-order valence-electron chi connectivity index (χ2n) is 6.96. The van der Waals surface area contributed by atoms with Gasteiger partial charge in [-0.3, -0.25) is 0 Å². The first-order valence-electron chi connectivity index (χ1n) is 8.98. The molecule has 0 spiro atoms. The SMILES string of the molecule is CCCCO[C@@H]1OC[C@@H](C#N)[C@H]2O[C@](C)(CCC)[C@@](C)(OC)O[C@H]12. The Labute approximate surface area is 145 Å². The first kappa shape index (κ1) is 19.6. The van der Waals surface area contributed by atoms with Crippen LogP contribution in [-0.4, -0.2) is 50.2 Å². The summed E-state index contributed by atoms with van der Waals surface area (Å²) in [5.41, 5.74) is -0.627. The van der Waals surface area contributed by atoms with Gasteiger partial charge in [-0.2, -0.15) is 5.26 Å². The Morgan fingerprint density at radius 3 is 2.50 bits per heavy atom. The minimum Gasteiger partial charge on any atom is -0.362 e. The summed E-state index contributed by atoms with van der Waals surface area (Å²) in [5, 5.41) is 9.48. The lowest BCUT2D eigenvalue weighted by Crippen LogP contribution is -2.69. The number of rotatable bonds is 7. The van der Waals surface area contributed by atoms with Crippen molar-refractivity contribution in [2.45, 2.75) is 83.3 Å². The summed E-state index contributed by atoms with van der Waals surface area (Å²) in [6, 6.07) is 2.29. The number of nitriles is 1. The van der Waals surface area contributed by atoms with Crippen LogP contribution in [0.4, 0.5) is 0 Å². The highest BCUT2D eigenvalue weighted by Crippen LogP contribution is 2.45. The Kier molecular flexibility index (Phi) is 6.63. The fourth-order valence-electron chi connectivity index (χ4n) is 3.46. The molecule has 0 unspecified atom stereocenters. The van der Waals surface area contributed by atoms with E-state index in [1.807, 2.05) is 13.8 Å². The molecule has 0 N–H and O–H groups in total. The zero-order valence-corrected chi connectivity index (χ0v) is 15.5. The van der Waals surface area contributed by atoms with E-state index in [0.29, 0.717) is 13.2 Å². The van der Waals surface area contributed by atoms with Crippen LogP contribution in [0.15, 0.2) is 0 Å². The van der Waals surface area contributed by atoms with Gasteiger partial charge in [0, 0.05) is 13.7 Å². The molecule has 2 aliphatic heterocycles. The van der Waals surface area contributed by atoms with Gasteiger partial charge in [0.25, 0.3) is 0 Å². The van der Waals surface area contributed by atoms with Gasteiger partial charge >= 0.3 is 0 Å². The van der Waals surface area contributed by atoms with Gasteiger partial charge in [0.1, 0.15) is 17.8 Å². The normalized spacial score (nSPS) is 42.3. The van der Waals surface area contributed by atoms with Crippen LogP contribution in [0.3, 0.4) is 0 Å². The Morgan fingerprint density at radius 1 is 1.17 bits per heavy atom. The molecule has 2 aliphatic rings. The molecule has 24 heavy (non-hydrogen) atoms. The van der Waals surface area contributed by atoms with E-state index in [0.717, 1.165) is 25.7 Å². The molecule has 0 bridgehead atoms. The van der Waals surface area contributed by atoms with Gasteiger partial charge in [0.15, 0.2) is 12.1 Å². The highest BCUT2D eigenvalue weighted by molar-refractivity contribution is 5.04. The molecule has 2 fully saturated rings. The molecular formula is C18H31NO5. The maximum absolute atomic E-state index is 9.48. The Morgan fingerprint density at radius 2 is 1.92 bits per heavy atom. The summed E-state index contributed by atoms with van der Waals surface area (Å²) in [6.07, 6.45) is 2.32. The van der Waals surface area contributed by atoms with Gasteiger partial charge in [-0.15, -0.1) is 0 Å². The highest BCUT2D eigenvalue weighted by atomic mass is 16.8. The predicted molar refractivity (Wildman–Crippen MR) is 88.2 cm³/mol. The number of methoxy groups -OCH3 is 1. The lowest BCUT2D eigenvalue weighted by Gasteiger charge is -2.56. The number of ether oxygens (including phenoxy) is 5. The summed E-state index contributed by atoms with van der Waals surface area (Å²) in [5.74, 6) is -1.30. The number of unbranched alkanes of at least 4 members (excludes halogenated alkanes) is 1. The van der Waals surface area contributed by atoms with E-state index in [2.05, 4.69) is 19.9 Å². The monoisotopic (exact) mass is 341 g/mol. The van der Waals surface area contributed by atoms with Crippen LogP contribution in [0.1, 0.15) is 53.4 Å². The van der Waals surface area contributed by atoms with Gasteiger partial charge < -0.3 is 23.7 Å². The first-order chi connectivity index (χ1) is 11.4. The van der Waals surface area contributed by atoms with Crippen LogP contribution in [0.25, 0.3) is 0 Å². The van der Waals surface area contributed by atoms with E-state index in [1.54, 1.807) is 7.11 Å². The second-order valence-corrected chi connectivity index (χ2v) is 6.96. The lowest BCUT2D eigenvalue weighted by atomic mass is 9.85. The molecule has 0 amide bonds. The van der Waals surface area contributed by atoms with Crippen LogP contribution < -0.4 is 0 Å². The quantitative estimate of drug-likeness (QED) is 0.663. The van der Waals surface area contributed by atoms with E-state index < -0.39 is 23.8 Å². The molecule has 0 aromatic heterocycles. The molecule has 2 heterocycles. The van der Waals surface area contributed by atoms with Crippen LogP contribution in [0.5, 0.6) is 0 Å². The zero-order valence-electron chi connectivity index (χ0n) is 15.5. The summed E-state index contributed by atoms with van der Waals surface area (Å²) >= 11 is 0. The van der Waals surface area contributed by atoms with Crippen LogP contribution in [0.2, 0.25) is 0 Å². The van der Waals surface area contributed by atoms with Crippen molar-refractivity contribution in [3.8, 4) is 6.07 Å². The topological polar surface area (TPSA) is 69.9 Å². The van der Waals surface area contributed by atoms with Crippen molar-refractivity contribution >= 4 is 0 Å². The minimum atomic E-state index is -0.919. The Hall–Kier alpha value is -0.710. The standard InChI is InChI=1S/C18H31NO5/c1-6-8-10-21-16-15-14(13(11-19)12-22-16)23-17(3,9-7-2)18(4,20-5)24-15/h13-16H,6-10,12H2,1-5H3/t13-,14-,15+,16-,17-,18+/m1/s1. The first-order valence-corrected chi connectivity index (χ1v) is 8.98. The molecule has 0 radical (unpaired) electrons. The molecule has 0 aromatic rings. The zero-order chi connectivity index (χ0) is 17.8. The highest BCUT2D eigenvalue weighted by Gasteiger charge is 2.60. The van der Waals surface area contributed by atoms with Gasteiger partial charge in [-0.25, -0.2) is 0 Å². The summed E-state index contributed by atoms with van der Waals surface area (Å²) in [4.78, 5) is 0. The summed E-state index contributed by atoms with van der Waals surface area (Å²) in [7, 11) is 1.62. The van der Waals surface area contributed by atoms with Crippen LogP contribution in [0, 0.1) is 17.2 Å². The number of nitrogens with zero attached hydrogens (tertiary/aromatic N) is 1. The number of hydrogen-bond donors (Lipinski definition) is 0. The van der Waals surface area contributed by atoms with E-state index in [9.17, 15) is 5.26 Å². The van der Waals surface area contributed by atoms with E-state index >= 15 is 0 Å². The summed E-state index contributed by atoms with van der Waals surface area (Å²) in [6.45, 7) is 8.98. The van der Waals surface area contributed by atoms with Crippen molar-refractivity contribution in [3.05, 3.63) is 0 Å². The molecule has 6 atom stereocenters. The van der Waals surface area contributed by atoms with Gasteiger partial charge in [0.05, 0.1) is 18.6 Å². The van der Waals surface area contributed by atoms with Crippen molar-refractivity contribution in [2.75, 3.05) is 20.3 Å². The van der Waals surface area contributed by atoms with E-state index in [4.69, 9.17) is 23.7 Å². The van der Waals surface area contributed by atoms with E-state index in [-0.39, 0.29) is 12.0 Å². The lowest BCUT2D eigenvalue weighted by molar-refractivity contribution is -0.428. The Bertz CT molecular complexity index is 453. The summed E-state index contributed by atoms with van der Waals surface area (Å²) < 4.78 is 30.1. The van der Waals surface area contributed by atoms with Gasteiger partial charge in [-0.05, 0) is 26.7 Å². The van der Waals surface area contributed by atoms with Gasteiger partial charge in [0.2, 0.25) is 0 Å². The molecule has 0 aromatic carbocycles. The maximum atomic E-state index is 9.48. The van der Waals surface area contributed by atoms with Crippen molar-refractivity contribution in [3.63, 3.8) is 0 Å². The molecular weight excluding hydrogens is 310 g/mol.